The summed E-state index contributed by atoms with van der Waals surface area (Å²) in [4.78, 5) is 15.8. The Morgan fingerprint density at radius 1 is 1.26 bits per heavy atom. The summed E-state index contributed by atoms with van der Waals surface area (Å²) in [6.45, 7) is 3.75. The molecule has 1 fully saturated rings. The minimum atomic E-state index is -0.132. The molecule has 1 atom stereocenters. The molecule has 1 aliphatic rings. The first-order chi connectivity index (χ1) is 11.2. The Bertz CT molecular complexity index is 645. The maximum absolute atomic E-state index is 12.7. The van der Waals surface area contributed by atoms with Crippen LogP contribution in [0.15, 0.2) is 22.7 Å². The molecule has 1 saturated heterocycles. The van der Waals surface area contributed by atoms with E-state index in [9.17, 15) is 4.79 Å². The van der Waals surface area contributed by atoms with E-state index < -0.39 is 0 Å². The third-order valence-corrected chi connectivity index (χ3v) is 6.11. The van der Waals surface area contributed by atoms with E-state index in [0.717, 1.165) is 41.8 Å². The van der Waals surface area contributed by atoms with Gasteiger partial charge in [-0.3, -0.25) is 4.79 Å². The van der Waals surface area contributed by atoms with Crippen LogP contribution in [0.2, 0.25) is 0 Å². The summed E-state index contributed by atoms with van der Waals surface area (Å²) in [6.07, 6.45) is 4.71. The van der Waals surface area contributed by atoms with Gasteiger partial charge in [-0.05, 0) is 31.2 Å². The number of hydrogen-bond donors (Lipinski definition) is 0. The summed E-state index contributed by atoms with van der Waals surface area (Å²) in [7, 11) is 1.96. The van der Waals surface area contributed by atoms with Crippen molar-refractivity contribution in [2.45, 2.75) is 43.0 Å². The van der Waals surface area contributed by atoms with Gasteiger partial charge in [0, 0.05) is 20.1 Å². The predicted molar refractivity (Wildman–Crippen MR) is 94.7 cm³/mol. The molecule has 3 heterocycles. The highest BCUT2D eigenvalue weighted by Gasteiger charge is 2.24. The van der Waals surface area contributed by atoms with Gasteiger partial charge in [-0.2, -0.15) is 0 Å². The van der Waals surface area contributed by atoms with E-state index in [4.69, 9.17) is 0 Å². The molecule has 1 aliphatic heterocycles. The number of likely N-dealkylation sites (tertiary alicyclic amines) is 1. The quantitative estimate of drug-likeness (QED) is 0.793. The highest BCUT2D eigenvalue weighted by molar-refractivity contribution is 8.00. The van der Waals surface area contributed by atoms with Crippen molar-refractivity contribution in [2.24, 2.45) is 7.05 Å². The second-order valence-corrected chi connectivity index (χ2v) is 8.10. The summed E-state index contributed by atoms with van der Waals surface area (Å²) < 4.78 is 1.97. The van der Waals surface area contributed by atoms with Gasteiger partial charge in [-0.15, -0.1) is 21.5 Å². The Morgan fingerprint density at radius 2 is 2.00 bits per heavy atom. The molecule has 5 nitrogen and oxygen atoms in total. The molecule has 0 bridgehead atoms. The van der Waals surface area contributed by atoms with Crippen molar-refractivity contribution in [1.82, 2.24) is 19.7 Å². The molecule has 7 heteroatoms. The van der Waals surface area contributed by atoms with Crippen LogP contribution in [0.4, 0.5) is 0 Å². The molecule has 0 radical (unpaired) electrons. The summed E-state index contributed by atoms with van der Waals surface area (Å²) in [5.41, 5.74) is 0. The van der Waals surface area contributed by atoms with Crippen molar-refractivity contribution in [1.29, 1.82) is 0 Å². The van der Waals surface area contributed by atoms with Gasteiger partial charge in [-0.1, -0.05) is 30.7 Å². The summed E-state index contributed by atoms with van der Waals surface area (Å²) in [5, 5.41) is 11.2. The van der Waals surface area contributed by atoms with Gasteiger partial charge in [0.25, 0.3) is 0 Å². The first-order valence-corrected chi connectivity index (χ1v) is 9.81. The Hall–Kier alpha value is -1.34. The van der Waals surface area contributed by atoms with E-state index in [1.165, 1.54) is 24.6 Å². The molecule has 0 aromatic carbocycles. The van der Waals surface area contributed by atoms with Crippen molar-refractivity contribution in [2.75, 3.05) is 13.1 Å². The molecular formula is C16H22N4OS2. The van der Waals surface area contributed by atoms with Crippen LogP contribution in [-0.2, 0) is 11.8 Å². The number of hydrogen-bond acceptors (Lipinski definition) is 5. The Balaban J connectivity index is 1.68. The fraction of sp³-hybridized carbons (Fsp3) is 0.562. The van der Waals surface area contributed by atoms with E-state index in [-0.39, 0.29) is 11.2 Å². The summed E-state index contributed by atoms with van der Waals surface area (Å²) in [5.74, 6) is 1.08. The monoisotopic (exact) mass is 350 g/mol. The lowest BCUT2D eigenvalue weighted by Crippen LogP contribution is -2.37. The summed E-state index contributed by atoms with van der Waals surface area (Å²) in [6, 6.07) is 4.04. The van der Waals surface area contributed by atoms with Crippen LogP contribution in [0.1, 0.15) is 32.6 Å². The average Bonchev–Trinajstić information content (AvgIpc) is 3.10. The highest BCUT2D eigenvalue weighted by atomic mass is 32.2. The first-order valence-electron chi connectivity index (χ1n) is 8.05. The lowest BCUT2D eigenvalue weighted by molar-refractivity contribution is -0.130. The molecule has 3 rings (SSSR count). The van der Waals surface area contributed by atoms with Crippen molar-refractivity contribution in [3.63, 3.8) is 0 Å². The van der Waals surface area contributed by atoms with Gasteiger partial charge >= 0.3 is 0 Å². The number of nitrogens with zero attached hydrogens (tertiary/aromatic N) is 4. The van der Waals surface area contributed by atoms with Crippen molar-refractivity contribution in [3.8, 4) is 10.7 Å². The third-order valence-electron chi connectivity index (χ3n) is 4.12. The number of carbonyl (C=O) groups is 1. The second-order valence-electron chi connectivity index (χ2n) is 5.84. The maximum atomic E-state index is 12.7. The van der Waals surface area contributed by atoms with Crippen molar-refractivity contribution < 1.29 is 4.79 Å². The first kappa shape index (κ1) is 16.5. The van der Waals surface area contributed by atoms with Crippen molar-refractivity contribution >= 4 is 29.0 Å². The molecule has 23 heavy (non-hydrogen) atoms. The van der Waals surface area contributed by atoms with Crippen LogP contribution in [-0.4, -0.2) is 43.9 Å². The van der Waals surface area contributed by atoms with E-state index in [0.29, 0.717) is 0 Å². The van der Waals surface area contributed by atoms with Crippen LogP contribution < -0.4 is 0 Å². The topological polar surface area (TPSA) is 51.0 Å². The molecule has 124 valence electrons. The molecule has 2 aromatic heterocycles. The van der Waals surface area contributed by atoms with Gasteiger partial charge in [0.1, 0.15) is 0 Å². The molecule has 0 aliphatic carbocycles. The maximum Gasteiger partial charge on any atom is 0.235 e. The lowest BCUT2D eigenvalue weighted by Gasteiger charge is -2.23. The zero-order valence-electron chi connectivity index (χ0n) is 13.6. The zero-order chi connectivity index (χ0) is 16.2. The highest BCUT2D eigenvalue weighted by Crippen LogP contribution is 2.28. The molecule has 1 unspecified atom stereocenters. The molecule has 2 aromatic rings. The number of aromatic nitrogens is 3. The number of thiophene rings is 1. The summed E-state index contributed by atoms with van der Waals surface area (Å²) >= 11 is 3.15. The molecule has 0 saturated carbocycles. The van der Waals surface area contributed by atoms with E-state index in [2.05, 4.69) is 10.2 Å². The lowest BCUT2D eigenvalue weighted by atomic mass is 10.2. The largest absolute Gasteiger partial charge is 0.342 e. The van der Waals surface area contributed by atoms with Gasteiger partial charge in [0.2, 0.25) is 5.91 Å². The smallest absolute Gasteiger partial charge is 0.235 e. The van der Waals surface area contributed by atoms with E-state index >= 15 is 0 Å². The van der Waals surface area contributed by atoms with Crippen LogP contribution in [0.3, 0.4) is 0 Å². The van der Waals surface area contributed by atoms with Gasteiger partial charge in [0.15, 0.2) is 11.0 Å². The second kappa shape index (κ2) is 7.49. The Morgan fingerprint density at radius 3 is 2.65 bits per heavy atom. The molecule has 1 amide bonds. The minimum Gasteiger partial charge on any atom is -0.342 e. The van der Waals surface area contributed by atoms with Gasteiger partial charge in [0.05, 0.1) is 10.1 Å². The standard InChI is InChI=1S/C16H22N4OS2/c1-12(15(21)20-9-5-3-4-6-10-20)23-16-18-17-14(19(16)2)13-8-7-11-22-13/h7-8,11-12H,3-6,9-10H2,1-2H3. The van der Waals surface area contributed by atoms with Gasteiger partial charge in [-0.25, -0.2) is 0 Å². The van der Waals surface area contributed by atoms with E-state index in [1.807, 2.05) is 41.0 Å². The average molecular weight is 351 g/mol. The number of carbonyl (C=O) groups excluding carboxylic acids is 1. The van der Waals surface area contributed by atoms with E-state index in [1.54, 1.807) is 11.3 Å². The minimum absolute atomic E-state index is 0.132. The zero-order valence-corrected chi connectivity index (χ0v) is 15.2. The van der Waals surface area contributed by atoms with Gasteiger partial charge < -0.3 is 9.47 Å². The van der Waals surface area contributed by atoms with Crippen molar-refractivity contribution in [3.05, 3.63) is 17.5 Å². The number of amides is 1. The van der Waals surface area contributed by atoms with Crippen LogP contribution in [0.25, 0.3) is 10.7 Å². The van der Waals surface area contributed by atoms with Crippen LogP contribution in [0.5, 0.6) is 0 Å². The van der Waals surface area contributed by atoms with Crippen LogP contribution >= 0.6 is 23.1 Å². The third kappa shape index (κ3) is 3.77. The molecular weight excluding hydrogens is 328 g/mol. The Labute approximate surface area is 145 Å². The Kier molecular flexibility index (Phi) is 5.38. The number of thioether (sulfide) groups is 1. The fourth-order valence-corrected chi connectivity index (χ4v) is 4.44. The number of rotatable bonds is 4. The predicted octanol–water partition coefficient (Wildman–Crippen LogP) is 3.43. The SMILES string of the molecule is CC(Sc1nnc(-c2cccs2)n1C)C(=O)N1CCCCCC1. The fourth-order valence-electron chi connectivity index (χ4n) is 2.79. The van der Waals surface area contributed by atoms with Crippen LogP contribution in [0, 0.1) is 0 Å². The normalized spacial score (nSPS) is 17.0. The molecule has 0 N–H and O–H groups in total. The molecule has 0 spiro atoms.